The summed E-state index contributed by atoms with van der Waals surface area (Å²) < 4.78 is 5.69. The van der Waals surface area contributed by atoms with E-state index in [0.29, 0.717) is 6.10 Å². The molecule has 0 amide bonds. The summed E-state index contributed by atoms with van der Waals surface area (Å²) >= 11 is 0. The Morgan fingerprint density at radius 2 is 2.23 bits per heavy atom. The summed E-state index contributed by atoms with van der Waals surface area (Å²) in [5.74, 6) is 0.778. The Labute approximate surface area is 82.3 Å². The van der Waals surface area contributed by atoms with Gasteiger partial charge in [-0.1, -0.05) is 27.2 Å². The first-order valence-corrected chi connectivity index (χ1v) is 5.56. The van der Waals surface area contributed by atoms with Crippen LogP contribution in [0.2, 0.25) is 0 Å². The second kappa shape index (κ2) is 5.61. The molecule has 0 bridgehead atoms. The van der Waals surface area contributed by atoms with Gasteiger partial charge in [0.05, 0.1) is 12.7 Å². The third kappa shape index (κ3) is 4.10. The molecule has 0 saturated carbocycles. The normalized spacial score (nSPS) is 25.4. The Kier molecular flexibility index (Phi) is 4.74. The van der Waals surface area contributed by atoms with Crippen molar-refractivity contribution in [3.05, 3.63) is 0 Å². The van der Waals surface area contributed by atoms with Crippen molar-refractivity contribution in [2.75, 3.05) is 26.2 Å². The SMILES string of the molecule is CCCC1CN(CC(C)C)CCO1. The molecule has 1 saturated heterocycles. The van der Waals surface area contributed by atoms with Crippen LogP contribution in [-0.4, -0.2) is 37.2 Å². The molecule has 2 heteroatoms. The third-order valence-corrected chi connectivity index (χ3v) is 2.46. The summed E-state index contributed by atoms with van der Waals surface area (Å²) in [6.45, 7) is 11.2. The summed E-state index contributed by atoms with van der Waals surface area (Å²) in [5, 5.41) is 0. The highest BCUT2D eigenvalue weighted by molar-refractivity contribution is 4.71. The molecule has 1 heterocycles. The van der Waals surface area contributed by atoms with Gasteiger partial charge < -0.3 is 4.74 Å². The lowest BCUT2D eigenvalue weighted by molar-refractivity contribution is -0.0352. The van der Waals surface area contributed by atoms with Gasteiger partial charge in [0.25, 0.3) is 0 Å². The van der Waals surface area contributed by atoms with Crippen LogP contribution in [0.3, 0.4) is 0 Å². The summed E-state index contributed by atoms with van der Waals surface area (Å²) in [7, 11) is 0. The molecule has 0 aromatic carbocycles. The van der Waals surface area contributed by atoms with Crippen molar-refractivity contribution >= 4 is 0 Å². The van der Waals surface area contributed by atoms with Crippen LogP contribution in [0, 0.1) is 5.92 Å². The van der Waals surface area contributed by atoms with E-state index in [1.54, 1.807) is 0 Å². The van der Waals surface area contributed by atoms with E-state index in [1.165, 1.54) is 19.4 Å². The third-order valence-electron chi connectivity index (χ3n) is 2.46. The highest BCUT2D eigenvalue weighted by Crippen LogP contribution is 2.11. The van der Waals surface area contributed by atoms with Gasteiger partial charge in [-0.2, -0.15) is 0 Å². The second-order valence-electron chi connectivity index (χ2n) is 4.43. The monoisotopic (exact) mass is 185 g/mol. The van der Waals surface area contributed by atoms with Gasteiger partial charge >= 0.3 is 0 Å². The molecule has 0 radical (unpaired) electrons. The first-order chi connectivity index (χ1) is 6.22. The molecule has 0 aromatic heterocycles. The van der Waals surface area contributed by atoms with E-state index >= 15 is 0 Å². The second-order valence-corrected chi connectivity index (χ2v) is 4.43. The fourth-order valence-electron chi connectivity index (χ4n) is 1.96. The van der Waals surface area contributed by atoms with Gasteiger partial charge in [-0.15, -0.1) is 0 Å². The standard InChI is InChI=1S/C11H23NO/c1-4-5-11-9-12(6-7-13-11)8-10(2)3/h10-11H,4-9H2,1-3H3. The molecule has 0 aromatic rings. The zero-order valence-corrected chi connectivity index (χ0v) is 9.25. The van der Waals surface area contributed by atoms with E-state index in [-0.39, 0.29) is 0 Å². The number of ether oxygens (including phenoxy) is 1. The quantitative estimate of drug-likeness (QED) is 0.665. The summed E-state index contributed by atoms with van der Waals surface area (Å²) in [5.41, 5.74) is 0. The van der Waals surface area contributed by atoms with Crippen molar-refractivity contribution in [1.29, 1.82) is 0 Å². The molecule has 1 rings (SSSR count). The number of nitrogens with zero attached hydrogens (tertiary/aromatic N) is 1. The Bertz CT molecular complexity index is 134. The van der Waals surface area contributed by atoms with Crippen molar-refractivity contribution in [3.63, 3.8) is 0 Å². The van der Waals surface area contributed by atoms with E-state index in [4.69, 9.17) is 4.74 Å². The van der Waals surface area contributed by atoms with E-state index in [9.17, 15) is 0 Å². The zero-order valence-electron chi connectivity index (χ0n) is 9.25. The minimum absolute atomic E-state index is 0.498. The predicted octanol–water partition coefficient (Wildman–Crippen LogP) is 2.14. The van der Waals surface area contributed by atoms with E-state index < -0.39 is 0 Å². The average molecular weight is 185 g/mol. The maximum atomic E-state index is 5.69. The van der Waals surface area contributed by atoms with Gasteiger partial charge in [0.15, 0.2) is 0 Å². The average Bonchev–Trinajstić information content (AvgIpc) is 2.04. The van der Waals surface area contributed by atoms with Crippen molar-refractivity contribution in [2.24, 2.45) is 5.92 Å². The topological polar surface area (TPSA) is 12.5 Å². The summed E-state index contributed by atoms with van der Waals surface area (Å²) in [6.07, 6.45) is 2.95. The van der Waals surface area contributed by atoms with Crippen LogP contribution in [0.25, 0.3) is 0 Å². The van der Waals surface area contributed by atoms with Gasteiger partial charge in [-0.3, -0.25) is 4.90 Å². The van der Waals surface area contributed by atoms with Gasteiger partial charge in [-0.25, -0.2) is 0 Å². The highest BCUT2D eigenvalue weighted by atomic mass is 16.5. The predicted molar refractivity (Wildman–Crippen MR) is 55.9 cm³/mol. The molecule has 0 aliphatic carbocycles. The highest BCUT2D eigenvalue weighted by Gasteiger charge is 2.19. The molecular formula is C11H23NO. The van der Waals surface area contributed by atoms with Crippen molar-refractivity contribution < 1.29 is 4.74 Å². The Morgan fingerprint density at radius 3 is 2.85 bits per heavy atom. The fraction of sp³-hybridized carbons (Fsp3) is 1.00. The molecule has 2 nitrogen and oxygen atoms in total. The Hall–Kier alpha value is -0.0800. The van der Waals surface area contributed by atoms with Crippen molar-refractivity contribution in [1.82, 2.24) is 4.90 Å². The van der Waals surface area contributed by atoms with Crippen LogP contribution < -0.4 is 0 Å². The lowest BCUT2D eigenvalue weighted by Gasteiger charge is -2.33. The minimum atomic E-state index is 0.498. The largest absolute Gasteiger partial charge is 0.376 e. The molecule has 13 heavy (non-hydrogen) atoms. The first-order valence-electron chi connectivity index (χ1n) is 5.56. The molecule has 0 spiro atoms. The van der Waals surface area contributed by atoms with Crippen LogP contribution in [-0.2, 0) is 4.74 Å². The molecule has 1 unspecified atom stereocenters. The number of rotatable bonds is 4. The lowest BCUT2D eigenvalue weighted by atomic mass is 10.1. The molecule has 78 valence electrons. The van der Waals surface area contributed by atoms with Crippen LogP contribution >= 0.6 is 0 Å². The van der Waals surface area contributed by atoms with E-state index in [1.807, 2.05) is 0 Å². The Balaban J connectivity index is 2.24. The summed E-state index contributed by atoms with van der Waals surface area (Å²) in [4.78, 5) is 2.54. The Morgan fingerprint density at radius 1 is 1.46 bits per heavy atom. The molecule has 1 atom stereocenters. The fourth-order valence-corrected chi connectivity index (χ4v) is 1.96. The maximum Gasteiger partial charge on any atom is 0.0702 e. The molecule has 0 N–H and O–H groups in total. The van der Waals surface area contributed by atoms with Crippen LogP contribution in [0.4, 0.5) is 0 Å². The van der Waals surface area contributed by atoms with E-state index in [0.717, 1.165) is 25.6 Å². The minimum Gasteiger partial charge on any atom is -0.376 e. The van der Waals surface area contributed by atoms with Gasteiger partial charge in [-0.05, 0) is 12.3 Å². The maximum absolute atomic E-state index is 5.69. The van der Waals surface area contributed by atoms with Crippen LogP contribution in [0.15, 0.2) is 0 Å². The van der Waals surface area contributed by atoms with Gasteiger partial charge in [0, 0.05) is 19.6 Å². The van der Waals surface area contributed by atoms with E-state index in [2.05, 4.69) is 25.7 Å². The van der Waals surface area contributed by atoms with Gasteiger partial charge in [0.2, 0.25) is 0 Å². The summed E-state index contributed by atoms with van der Waals surface area (Å²) in [6, 6.07) is 0. The van der Waals surface area contributed by atoms with Crippen molar-refractivity contribution in [3.8, 4) is 0 Å². The molecule has 1 aliphatic rings. The molecule has 1 fully saturated rings. The first kappa shape index (κ1) is 11.0. The van der Waals surface area contributed by atoms with Crippen LogP contribution in [0.5, 0.6) is 0 Å². The molecule has 1 aliphatic heterocycles. The lowest BCUT2D eigenvalue weighted by Crippen LogP contribution is -2.43. The zero-order chi connectivity index (χ0) is 9.68. The number of hydrogen-bond acceptors (Lipinski definition) is 2. The number of morpholine rings is 1. The molecular weight excluding hydrogens is 162 g/mol. The van der Waals surface area contributed by atoms with Crippen LogP contribution in [0.1, 0.15) is 33.6 Å². The smallest absolute Gasteiger partial charge is 0.0702 e. The number of hydrogen-bond donors (Lipinski definition) is 0. The van der Waals surface area contributed by atoms with Crippen molar-refractivity contribution in [2.45, 2.75) is 39.7 Å². The van der Waals surface area contributed by atoms with Gasteiger partial charge in [0.1, 0.15) is 0 Å².